The summed E-state index contributed by atoms with van der Waals surface area (Å²) in [5, 5.41) is 13.0. The molecule has 0 bridgehead atoms. The van der Waals surface area contributed by atoms with E-state index in [0.717, 1.165) is 18.0 Å². The number of hydrogen-bond acceptors (Lipinski definition) is 3. The average molecular weight is 251 g/mol. The molecule has 0 fully saturated rings. The SMILES string of the molecule is CCC(C)CC(C)NCc1ccc(O)c(OC)c1. The molecule has 18 heavy (non-hydrogen) atoms. The number of benzene rings is 1. The van der Waals surface area contributed by atoms with Gasteiger partial charge in [-0.3, -0.25) is 0 Å². The quantitative estimate of drug-likeness (QED) is 0.781. The zero-order valence-corrected chi connectivity index (χ0v) is 11.9. The number of aromatic hydroxyl groups is 1. The van der Waals surface area contributed by atoms with Crippen molar-refractivity contribution in [3.05, 3.63) is 23.8 Å². The van der Waals surface area contributed by atoms with E-state index in [2.05, 4.69) is 26.1 Å². The second kappa shape index (κ2) is 7.27. The lowest BCUT2D eigenvalue weighted by molar-refractivity contribution is 0.372. The molecule has 0 aliphatic rings. The third kappa shape index (κ3) is 4.57. The number of ether oxygens (including phenoxy) is 1. The molecule has 0 aromatic heterocycles. The molecule has 0 heterocycles. The molecule has 3 heteroatoms. The highest BCUT2D eigenvalue weighted by Crippen LogP contribution is 2.26. The van der Waals surface area contributed by atoms with E-state index < -0.39 is 0 Å². The fourth-order valence-electron chi connectivity index (χ4n) is 1.98. The Morgan fingerprint density at radius 2 is 2.06 bits per heavy atom. The van der Waals surface area contributed by atoms with Crippen LogP contribution < -0.4 is 10.1 Å². The second-order valence-electron chi connectivity index (χ2n) is 5.04. The first-order valence-electron chi connectivity index (χ1n) is 6.66. The Bertz CT molecular complexity index is 366. The van der Waals surface area contributed by atoms with E-state index >= 15 is 0 Å². The Hall–Kier alpha value is -1.22. The third-order valence-corrected chi connectivity index (χ3v) is 3.35. The Kier molecular flexibility index (Phi) is 5.99. The summed E-state index contributed by atoms with van der Waals surface area (Å²) in [5.41, 5.74) is 1.13. The van der Waals surface area contributed by atoms with Gasteiger partial charge in [-0.1, -0.05) is 26.3 Å². The highest BCUT2D eigenvalue weighted by Gasteiger charge is 2.07. The number of phenols is 1. The van der Waals surface area contributed by atoms with Crippen LogP contribution in [0.25, 0.3) is 0 Å². The average Bonchev–Trinajstić information content (AvgIpc) is 2.37. The first-order valence-corrected chi connectivity index (χ1v) is 6.66. The van der Waals surface area contributed by atoms with Gasteiger partial charge in [-0.05, 0) is 37.0 Å². The summed E-state index contributed by atoms with van der Waals surface area (Å²) in [7, 11) is 1.57. The summed E-state index contributed by atoms with van der Waals surface area (Å²) in [6.07, 6.45) is 2.41. The Labute approximate surface area is 110 Å². The molecular formula is C15H25NO2. The van der Waals surface area contributed by atoms with E-state index in [0.29, 0.717) is 11.8 Å². The first kappa shape index (κ1) is 14.8. The molecule has 1 rings (SSSR count). The molecule has 1 aromatic rings. The minimum atomic E-state index is 0.189. The van der Waals surface area contributed by atoms with E-state index in [1.807, 2.05) is 12.1 Å². The molecule has 102 valence electrons. The standard InChI is InChI=1S/C15H25NO2/c1-5-11(2)8-12(3)16-10-13-6-7-14(17)15(9-13)18-4/h6-7,9,11-12,16-17H,5,8,10H2,1-4H3. The van der Waals surface area contributed by atoms with Gasteiger partial charge in [0.1, 0.15) is 0 Å². The lowest BCUT2D eigenvalue weighted by Gasteiger charge is -2.17. The molecule has 2 N–H and O–H groups in total. The van der Waals surface area contributed by atoms with Crippen LogP contribution in [0.3, 0.4) is 0 Å². The predicted molar refractivity (Wildman–Crippen MR) is 75.0 cm³/mol. The highest BCUT2D eigenvalue weighted by molar-refractivity contribution is 5.41. The smallest absolute Gasteiger partial charge is 0.160 e. The number of nitrogens with one attached hydrogen (secondary N) is 1. The lowest BCUT2D eigenvalue weighted by atomic mass is 10.0. The molecule has 1 aromatic carbocycles. The van der Waals surface area contributed by atoms with Crippen LogP contribution in [0, 0.1) is 5.92 Å². The van der Waals surface area contributed by atoms with Crippen LogP contribution in [0.1, 0.15) is 39.2 Å². The molecule has 0 spiro atoms. The Balaban J connectivity index is 2.48. The highest BCUT2D eigenvalue weighted by atomic mass is 16.5. The molecule has 0 saturated carbocycles. The fourth-order valence-corrected chi connectivity index (χ4v) is 1.98. The fraction of sp³-hybridized carbons (Fsp3) is 0.600. The van der Waals surface area contributed by atoms with Gasteiger partial charge in [0.2, 0.25) is 0 Å². The number of methoxy groups -OCH3 is 1. The monoisotopic (exact) mass is 251 g/mol. The molecule has 0 saturated heterocycles. The minimum absolute atomic E-state index is 0.189. The van der Waals surface area contributed by atoms with Crippen molar-refractivity contribution in [2.24, 2.45) is 5.92 Å². The first-order chi connectivity index (χ1) is 8.56. The predicted octanol–water partition coefficient (Wildman–Crippen LogP) is 3.32. The summed E-state index contributed by atoms with van der Waals surface area (Å²) in [5.74, 6) is 1.47. The van der Waals surface area contributed by atoms with Gasteiger partial charge in [0.05, 0.1) is 7.11 Å². The second-order valence-corrected chi connectivity index (χ2v) is 5.04. The van der Waals surface area contributed by atoms with Gasteiger partial charge in [-0.2, -0.15) is 0 Å². The van der Waals surface area contributed by atoms with E-state index in [-0.39, 0.29) is 5.75 Å². The van der Waals surface area contributed by atoms with Crippen molar-refractivity contribution in [3.8, 4) is 11.5 Å². The van der Waals surface area contributed by atoms with Crippen LogP contribution in [0.2, 0.25) is 0 Å². The van der Waals surface area contributed by atoms with Crippen molar-refractivity contribution in [3.63, 3.8) is 0 Å². The maximum absolute atomic E-state index is 9.52. The summed E-state index contributed by atoms with van der Waals surface area (Å²) >= 11 is 0. The van der Waals surface area contributed by atoms with Crippen LogP contribution in [0.5, 0.6) is 11.5 Å². The van der Waals surface area contributed by atoms with Gasteiger partial charge in [0, 0.05) is 12.6 Å². The van der Waals surface area contributed by atoms with Gasteiger partial charge in [0.15, 0.2) is 11.5 Å². The van der Waals surface area contributed by atoms with Crippen molar-refractivity contribution in [1.29, 1.82) is 0 Å². The summed E-state index contributed by atoms with van der Waals surface area (Å²) in [4.78, 5) is 0. The zero-order valence-electron chi connectivity index (χ0n) is 11.9. The van der Waals surface area contributed by atoms with Gasteiger partial charge in [-0.25, -0.2) is 0 Å². The molecule has 0 radical (unpaired) electrons. The summed E-state index contributed by atoms with van der Waals surface area (Å²) in [6, 6.07) is 5.97. The minimum Gasteiger partial charge on any atom is -0.504 e. The lowest BCUT2D eigenvalue weighted by Crippen LogP contribution is -2.27. The molecule has 0 amide bonds. The van der Waals surface area contributed by atoms with Crippen molar-refractivity contribution in [1.82, 2.24) is 5.32 Å². The van der Waals surface area contributed by atoms with Crippen LogP contribution >= 0.6 is 0 Å². The number of phenolic OH excluding ortho intramolecular Hbond substituents is 1. The van der Waals surface area contributed by atoms with E-state index in [4.69, 9.17) is 4.74 Å². The molecule has 0 aliphatic heterocycles. The van der Waals surface area contributed by atoms with Crippen molar-refractivity contribution in [2.75, 3.05) is 7.11 Å². The van der Waals surface area contributed by atoms with Crippen LogP contribution in [0.15, 0.2) is 18.2 Å². The maximum atomic E-state index is 9.52. The topological polar surface area (TPSA) is 41.5 Å². The van der Waals surface area contributed by atoms with Crippen LogP contribution in [0.4, 0.5) is 0 Å². The van der Waals surface area contributed by atoms with Crippen molar-refractivity contribution < 1.29 is 9.84 Å². The van der Waals surface area contributed by atoms with Crippen molar-refractivity contribution >= 4 is 0 Å². The summed E-state index contributed by atoms with van der Waals surface area (Å²) in [6.45, 7) is 7.52. The van der Waals surface area contributed by atoms with E-state index in [1.165, 1.54) is 12.8 Å². The molecular weight excluding hydrogens is 226 g/mol. The Morgan fingerprint density at radius 1 is 1.33 bits per heavy atom. The van der Waals surface area contributed by atoms with E-state index in [9.17, 15) is 5.11 Å². The van der Waals surface area contributed by atoms with Gasteiger partial charge >= 0.3 is 0 Å². The van der Waals surface area contributed by atoms with Gasteiger partial charge in [0.25, 0.3) is 0 Å². The number of rotatable bonds is 7. The largest absolute Gasteiger partial charge is 0.504 e. The summed E-state index contributed by atoms with van der Waals surface area (Å²) < 4.78 is 5.10. The third-order valence-electron chi connectivity index (χ3n) is 3.35. The van der Waals surface area contributed by atoms with Crippen LogP contribution in [-0.2, 0) is 6.54 Å². The molecule has 3 nitrogen and oxygen atoms in total. The Morgan fingerprint density at radius 3 is 2.67 bits per heavy atom. The molecule has 0 aliphatic carbocycles. The zero-order chi connectivity index (χ0) is 13.5. The van der Waals surface area contributed by atoms with Crippen molar-refractivity contribution in [2.45, 2.75) is 46.2 Å². The van der Waals surface area contributed by atoms with Crippen LogP contribution in [-0.4, -0.2) is 18.3 Å². The van der Waals surface area contributed by atoms with Gasteiger partial charge < -0.3 is 15.2 Å². The molecule has 2 unspecified atom stereocenters. The normalized spacial score (nSPS) is 14.2. The van der Waals surface area contributed by atoms with E-state index in [1.54, 1.807) is 13.2 Å². The van der Waals surface area contributed by atoms with Gasteiger partial charge in [-0.15, -0.1) is 0 Å². The maximum Gasteiger partial charge on any atom is 0.160 e. The number of hydrogen-bond donors (Lipinski definition) is 2. The molecule has 2 atom stereocenters.